The van der Waals surface area contributed by atoms with E-state index in [9.17, 15) is 4.79 Å². The van der Waals surface area contributed by atoms with E-state index in [4.69, 9.17) is 0 Å². The van der Waals surface area contributed by atoms with E-state index in [-0.39, 0.29) is 5.92 Å². The van der Waals surface area contributed by atoms with Crippen LogP contribution in [0.4, 0.5) is 0 Å². The quantitative estimate of drug-likeness (QED) is 0.657. The molecule has 0 N–H and O–H groups in total. The van der Waals surface area contributed by atoms with E-state index >= 15 is 0 Å². The Morgan fingerprint density at radius 2 is 2.31 bits per heavy atom. The molecule has 3 heteroatoms. The van der Waals surface area contributed by atoms with Crippen LogP contribution in [0, 0.1) is 11.8 Å². The molecule has 0 aliphatic heterocycles. The summed E-state index contributed by atoms with van der Waals surface area (Å²) in [7, 11) is 1.90. The Bertz CT molecular complexity index is 278. The molecular weight excluding hydrogens is 164 g/mol. The normalized spacial score (nSPS) is 13.2. The zero-order valence-corrected chi connectivity index (χ0v) is 8.40. The Morgan fingerprint density at radius 3 is 2.69 bits per heavy atom. The summed E-state index contributed by atoms with van der Waals surface area (Å²) in [4.78, 5) is 10.8. The van der Waals surface area contributed by atoms with Crippen LogP contribution in [0.1, 0.15) is 19.5 Å². The van der Waals surface area contributed by atoms with Gasteiger partial charge in [0.15, 0.2) is 0 Å². The van der Waals surface area contributed by atoms with Gasteiger partial charge in [0.1, 0.15) is 6.29 Å². The van der Waals surface area contributed by atoms with Crippen LogP contribution < -0.4 is 0 Å². The van der Waals surface area contributed by atoms with Gasteiger partial charge in [-0.1, -0.05) is 13.8 Å². The van der Waals surface area contributed by atoms with E-state index in [1.165, 1.54) is 0 Å². The van der Waals surface area contributed by atoms with E-state index in [1.54, 1.807) is 6.20 Å². The van der Waals surface area contributed by atoms with Gasteiger partial charge in [0, 0.05) is 24.9 Å². The van der Waals surface area contributed by atoms with Crippen molar-refractivity contribution in [3.63, 3.8) is 0 Å². The predicted molar refractivity (Wildman–Crippen MR) is 51.3 cm³/mol. The molecule has 1 rings (SSSR count). The van der Waals surface area contributed by atoms with Crippen molar-refractivity contribution in [1.82, 2.24) is 9.78 Å². The third-order valence-electron chi connectivity index (χ3n) is 2.40. The molecule has 0 spiro atoms. The molecular formula is C10H16N2O. The maximum atomic E-state index is 10.8. The van der Waals surface area contributed by atoms with Gasteiger partial charge in [-0.3, -0.25) is 4.68 Å². The van der Waals surface area contributed by atoms with Crippen LogP contribution in [-0.2, 0) is 18.3 Å². The van der Waals surface area contributed by atoms with Gasteiger partial charge in [0.05, 0.1) is 0 Å². The maximum absolute atomic E-state index is 10.8. The number of nitrogens with zero attached hydrogens (tertiary/aromatic N) is 2. The fourth-order valence-electron chi connectivity index (χ4n) is 1.28. The van der Waals surface area contributed by atoms with Crippen molar-refractivity contribution in [2.45, 2.75) is 20.3 Å². The minimum absolute atomic E-state index is 0.107. The Hall–Kier alpha value is -1.12. The number of hydrogen-bond acceptors (Lipinski definition) is 2. The minimum Gasteiger partial charge on any atom is -0.303 e. The third kappa shape index (κ3) is 2.41. The fraction of sp³-hybridized carbons (Fsp3) is 0.600. The third-order valence-corrected chi connectivity index (χ3v) is 2.40. The van der Waals surface area contributed by atoms with Gasteiger partial charge >= 0.3 is 0 Å². The minimum atomic E-state index is 0.107. The summed E-state index contributed by atoms with van der Waals surface area (Å²) in [6.45, 7) is 4.13. The first-order chi connectivity index (χ1) is 6.15. The lowest BCUT2D eigenvalue weighted by Gasteiger charge is -2.13. The topological polar surface area (TPSA) is 34.9 Å². The van der Waals surface area contributed by atoms with Crippen molar-refractivity contribution >= 4 is 6.29 Å². The van der Waals surface area contributed by atoms with Gasteiger partial charge < -0.3 is 4.79 Å². The summed E-state index contributed by atoms with van der Waals surface area (Å²) in [5.74, 6) is 0.503. The first kappa shape index (κ1) is 9.96. The smallest absolute Gasteiger partial charge is 0.123 e. The summed E-state index contributed by atoms with van der Waals surface area (Å²) >= 11 is 0. The highest BCUT2D eigenvalue weighted by atomic mass is 16.1. The summed E-state index contributed by atoms with van der Waals surface area (Å²) in [6.07, 6.45) is 3.59. The molecule has 1 atom stereocenters. The largest absolute Gasteiger partial charge is 0.303 e. The number of carbonyl (C=O) groups is 1. The summed E-state index contributed by atoms with van der Waals surface area (Å²) < 4.78 is 1.82. The molecule has 0 amide bonds. The molecule has 1 unspecified atom stereocenters. The van der Waals surface area contributed by atoms with Crippen LogP contribution in [0.3, 0.4) is 0 Å². The second-order valence-corrected chi connectivity index (χ2v) is 3.69. The second kappa shape index (κ2) is 4.21. The molecule has 72 valence electrons. The molecule has 0 fully saturated rings. The van der Waals surface area contributed by atoms with Gasteiger partial charge in [-0.05, 0) is 18.4 Å². The lowest BCUT2D eigenvalue weighted by Crippen LogP contribution is -2.15. The van der Waals surface area contributed by atoms with Crippen LogP contribution >= 0.6 is 0 Å². The zero-order chi connectivity index (χ0) is 9.84. The highest BCUT2D eigenvalue weighted by molar-refractivity contribution is 5.54. The van der Waals surface area contributed by atoms with Crippen molar-refractivity contribution < 1.29 is 4.79 Å². The molecule has 0 aliphatic rings. The highest BCUT2D eigenvalue weighted by Gasteiger charge is 2.14. The monoisotopic (exact) mass is 180 g/mol. The van der Waals surface area contributed by atoms with Crippen LogP contribution in [0.5, 0.6) is 0 Å². The molecule has 0 aromatic carbocycles. The van der Waals surface area contributed by atoms with Crippen LogP contribution in [0.25, 0.3) is 0 Å². The van der Waals surface area contributed by atoms with Crippen molar-refractivity contribution in [1.29, 1.82) is 0 Å². The molecule has 1 heterocycles. The standard InChI is InChI=1S/C10H16N2O/c1-8(2)9(7-13)6-10-4-5-11-12(10)3/h4-5,7-9H,6H2,1-3H3. The van der Waals surface area contributed by atoms with Crippen molar-refractivity contribution in [3.8, 4) is 0 Å². The first-order valence-electron chi connectivity index (χ1n) is 4.57. The van der Waals surface area contributed by atoms with Crippen LogP contribution in [0.15, 0.2) is 12.3 Å². The molecule has 0 radical (unpaired) electrons. The van der Waals surface area contributed by atoms with Crippen molar-refractivity contribution in [3.05, 3.63) is 18.0 Å². The summed E-state index contributed by atoms with van der Waals surface area (Å²) in [5.41, 5.74) is 1.12. The number of aromatic nitrogens is 2. The number of carbonyl (C=O) groups excluding carboxylic acids is 1. The fourth-order valence-corrected chi connectivity index (χ4v) is 1.28. The van der Waals surface area contributed by atoms with E-state index in [0.717, 1.165) is 18.4 Å². The van der Waals surface area contributed by atoms with E-state index in [1.807, 2.05) is 17.8 Å². The molecule has 3 nitrogen and oxygen atoms in total. The Morgan fingerprint density at radius 1 is 1.62 bits per heavy atom. The average molecular weight is 180 g/mol. The van der Waals surface area contributed by atoms with Gasteiger partial charge in [0.25, 0.3) is 0 Å². The molecule has 13 heavy (non-hydrogen) atoms. The highest BCUT2D eigenvalue weighted by Crippen LogP contribution is 2.14. The van der Waals surface area contributed by atoms with E-state index in [2.05, 4.69) is 18.9 Å². The zero-order valence-electron chi connectivity index (χ0n) is 8.40. The maximum Gasteiger partial charge on any atom is 0.123 e. The summed E-state index contributed by atoms with van der Waals surface area (Å²) in [5, 5.41) is 4.06. The van der Waals surface area contributed by atoms with Crippen LogP contribution in [-0.4, -0.2) is 16.1 Å². The number of aryl methyl sites for hydroxylation is 1. The Balaban J connectivity index is 2.67. The average Bonchev–Trinajstić information content (AvgIpc) is 2.46. The number of rotatable bonds is 4. The molecule has 0 bridgehead atoms. The van der Waals surface area contributed by atoms with Crippen LogP contribution in [0.2, 0.25) is 0 Å². The predicted octanol–water partition coefficient (Wildman–Crippen LogP) is 1.43. The van der Waals surface area contributed by atoms with E-state index < -0.39 is 0 Å². The number of aldehydes is 1. The Kier molecular flexibility index (Phi) is 3.23. The Labute approximate surface area is 78.8 Å². The van der Waals surface area contributed by atoms with E-state index in [0.29, 0.717) is 5.92 Å². The lowest BCUT2D eigenvalue weighted by atomic mass is 9.93. The van der Waals surface area contributed by atoms with Gasteiger partial charge in [-0.15, -0.1) is 0 Å². The molecule has 0 saturated heterocycles. The molecule has 1 aromatic heterocycles. The lowest BCUT2D eigenvalue weighted by molar-refractivity contribution is -0.112. The molecule has 0 aliphatic carbocycles. The number of hydrogen-bond donors (Lipinski definition) is 0. The first-order valence-corrected chi connectivity index (χ1v) is 4.57. The SMILES string of the molecule is CC(C)C(C=O)Cc1ccnn1C. The van der Waals surface area contributed by atoms with Gasteiger partial charge in [-0.25, -0.2) is 0 Å². The summed E-state index contributed by atoms with van der Waals surface area (Å²) in [6, 6.07) is 1.96. The van der Waals surface area contributed by atoms with Crippen molar-refractivity contribution in [2.24, 2.45) is 18.9 Å². The second-order valence-electron chi connectivity index (χ2n) is 3.69. The van der Waals surface area contributed by atoms with Crippen molar-refractivity contribution in [2.75, 3.05) is 0 Å². The molecule has 0 saturated carbocycles. The van der Waals surface area contributed by atoms with Gasteiger partial charge in [0.2, 0.25) is 0 Å². The molecule has 1 aromatic rings. The van der Waals surface area contributed by atoms with Gasteiger partial charge in [-0.2, -0.15) is 5.10 Å².